The summed E-state index contributed by atoms with van der Waals surface area (Å²) in [7, 11) is -8.50. The fourth-order valence-corrected chi connectivity index (χ4v) is 3.29. The fourth-order valence-electron chi connectivity index (χ4n) is 1.10. The number of phosphoric acid groups is 2. The van der Waals surface area contributed by atoms with E-state index < -0.39 is 48.5 Å². The number of phosphoric ester groups is 2. The first-order valence-corrected chi connectivity index (χ1v) is 9.62. The van der Waals surface area contributed by atoms with Crippen LogP contribution in [0.2, 0.25) is 0 Å². The van der Waals surface area contributed by atoms with E-state index in [2.05, 4.69) is 20.2 Å². The molecule has 0 amide bonds. The third-order valence-electron chi connectivity index (χ3n) is 1.88. The van der Waals surface area contributed by atoms with Gasteiger partial charge in [-0.3, -0.25) is 22.6 Å². The van der Waals surface area contributed by atoms with Crippen LogP contribution in [0, 0.1) is 12.3 Å². The van der Waals surface area contributed by atoms with Crippen LogP contribution >= 0.6 is 15.6 Å². The molecule has 0 aliphatic heterocycles. The van der Waals surface area contributed by atoms with Gasteiger partial charge in [-0.2, -0.15) is 0 Å². The Morgan fingerprint density at radius 1 is 1.21 bits per heavy atom. The Labute approximate surface area is 139 Å². The van der Waals surface area contributed by atoms with Crippen LogP contribution in [-0.2, 0) is 36.3 Å². The van der Waals surface area contributed by atoms with E-state index in [0.29, 0.717) is 0 Å². The van der Waals surface area contributed by atoms with E-state index in [1.807, 2.05) is 5.92 Å². The topological polar surface area (TPSA) is 89.5 Å². The van der Waals surface area contributed by atoms with Crippen molar-refractivity contribution in [3.8, 4) is 12.3 Å². The highest BCUT2D eigenvalue weighted by atomic mass is 31.2. The van der Waals surface area contributed by atoms with Crippen molar-refractivity contribution in [2.24, 2.45) is 0 Å². The van der Waals surface area contributed by atoms with Crippen molar-refractivity contribution in [3.63, 3.8) is 0 Å². The molecule has 24 heavy (non-hydrogen) atoms. The summed E-state index contributed by atoms with van der Waals surface area (Å²) < 4.78 is 77.7. The molecule has 0 bridgehead atoms. The molecule has 0 spiro atoms. The van der Waals surface area contributed by atoms with Crippen molar-refractivity contribution in [1.29, 1.82) is 0 Å². The van der Waals surface area contributed by atoms with E-state index in [9.17, 15) is 17.9 Å². The molecule has 0 aromatic heterocycles. The normalized spacial score (nSPS) is 17.4. The first-order chi connectivity index (χ1) is 11.3. The highest BCUT2D eigenvalue weighted by Gasteiger charge is 2.34. The molecular formula is C12H20F2O8P2. The number of rotatable bonds is 15. The molecular weight excluding hydrogens is 372 g/mol. The van der Waals surface area contributed by atoms with Gasteiger partial charge in [-0.1, -0.05) is 12.0 Å². The minimum Gasteiger partial charge on any atom is -0.287 e. The maximum Gasteiger partial charge on any atom is 0.478 e. The summed E-state index contributed by atoms with van der Waals surface area (Å²) in [5.41, 5.74) is 0. The molecule has 0 saturated heterocycles. The lowest BCUT2D eigenvalue weighted by Crippen LogP contribution is -2.16. The number of alkyl halides is 2. The van der Waals surface area contributed by atoms with Gasteiger partial charge in [0.2, 0.25) is 6.36 Å². The third kappa shape index (κ3) is 10.3. The average molecular weight is 392 g/mol. The Balaban J connectivity index is 4.67. The molecule has 0 heterocycles. The van der Waals surface area contributed by atoms with Gasteiger partial charge in [0.1, 0.15) is 19.9 Å². The van der Waals surface area contributed by atoms with Gasteiger partial charge in [-0.15, -0.1) is 13.0 Å². The summed E-state index contributed by atoms with van der Waals surface area (Å²) in [6.07, 6.45) is 3.80. The van der Waals surface area contributed by atoms with Crippen molar-refractivity contribution in [3.05, 3.63) is 12.7 Å². The molecule has 0 aliphatic rings. The zero-order valence-corrected chi connectivity index (χ0v) is 14.9. The molecule has 0 rings (SSSR count). The van der Waals surface area contributed by atoms with Crippen LogP contribution in [0.25, 0.3) is 0 Å². The number of hydrogen-bond acceptors (Lipinski definition) is 8. The first kappa shape index (κ1) is 23.4. The Kier molecular flexibility index (Phi) is 12.4. The molecule has 3 unspecified atom stereocenters. The zero-order valence-electron chi connectivity index (χ0n) is 13.1. The van der Waals surface area contributed by atoms with Crippen LogP contribution in [-0.4, -0.2) is 46.1 Å². The highest BCUT2D eigenvalue weighted by Crippen LogP contribution is 2.52. The standard InChI is InChI=1S/C12H20F2O8P2/c1-4-8-18-23(15,17-6-3)21-11-12(14)22-24(16,19-9-5-2)20-10-7-13/h2,4,12H,1,6-11H2,3H3. The SMILES string of the molecule is C#CCOP(=O)(OCCF)OC(F)COP(=O)(OCC)OCC=C. The third-order valence-corrected chi connectivity index (χ3v) is 4.81. The van der Waals surface area contributed by atoms with E-state index in [1.165, 1.54) is 13.0 Å². The minimum absolute atomic E-state index is 0.0321. The van der Waals surface area contributed by atoms with Gasteiger partial charge < -0.3 is 0 Å². The second-order valence-corrected chi connectivity index (χ2v) is 7.00. The average Bonchev–Trinajstić information content (AvgIpc) is 2.55. The van der Waals surface area contributed by atoms with E-state index in [-0.39, 0.29) is 13.2 Å². The van der Waals surface area contributed by atoms with E-state index in [4.69, 9.17) is 20.0 Å². The number of hydrogen-bond donors (Lipinski definition) is 0. The summed E-state index contributed by atoms with van der Waals surface area (Å²) in [5, 5.41) is 0. The molecule has 8 nitrogen and oxygen atoms in total. The van der Waals surface area contributed by atoms with Gasteiger partial charge in [0, 0.05) is 0 Å². The molecule has 0 aromatic rings. The smallest absolute Gasteiger partial charge is 0.287 e. The van der Waals surface area contributed by atoms with Gasteiger partial charge in [-0.25, -0.2) is 22.4 Å². The molecule has 3 atom stereocenters. The lowest BCUT2D eigenvalue weighted by molar-refractivity contribution is -0.0250. The molecule has 0 fully saturated rings. The molecule has 0 saturated carbocycles. The lowest BCUT2D eigenvalue weighted by atomic mass is 10.7. The monoisotopic (exact) mass is 392 g/mol. The van der Waals surface area contributed by atoms with Gasteiger partial charge in [0.05, 0.1) is 19.8 Å². The maximum atomic E-state index is 13.8. The second kappa shape index (κ2) is 12.7. The summed E-state index contributed by atoms with van der Waals surface area (Å²) in [5.74, 6) is 1.97. The molecule has 140 valence electrons. The molecule has 0 aromatic carbocycles. The van der Waals surface area contributed by atoms with Crippen molar-refractivity contribution < 1.29 is 45.1 Å². The summed E-state index contributed by atoms with van der Waals surface area (Å²) in [6, 6.07) is 0. The van der Waals surface area contributed by atoms with Crippen LogP contribution in [0.3, 0.4) is 0 Å². The Bertz CT molecular complexity index is 496. The quantitative estimate of drug-likeness (QED) is 0.238. The summed E-state index contributed by atoms with van der Waals surface area (Å²) in [4.78, 5) is 0. The minimum atomic E-state index is -4.45. The predicted molar refractivity (Wildman–Crippen MR) is 81.6 cm³/mol. The van der Waals surface area contributed by atoms with Gasteiger partial charge in [0.25, 0.3) is 0 Å². The second-order valence-electron chi connectivity index (χ2n) is 3.71. The van der Waals surface area contributed by atoms with E-state index in [1.54, 1.807) is 0 Å². The van der Waals surface area contributed by atoms with E-state index in [0.717, 1.165) is 0 Å². The fraction of sp³-hybridized carbons (Fsp3) is 0.667. The van der Waals surface area contributed by atoms with Crippen molar-refractivity contribution in [1.82, 2.24) is 0 Å². The Morgan fingerprint density at radius 3 is 2.46 bits per heavy atom. The highest BCUT2D eigenvalue weighted by molar-refractivity contribution is 7.48. The van der Waals surface area contributed by atoms with Crippen molar-refractivity contribution in [2.45, 2.75) is 13.3 Å². The Hall–Kier alpha value is -0.620. The number of halogens is 2. The molecule has 0 radical (unpaired) electrons. The van der Waals surface area contributed by atoms with Crippen LogP contribution in [0.15, 0.2) is 12.7 Å². The van der Waals surface area contributed by atoms with Gasteiger partial charge >= 0.3 is 15.6 Å². The van der Waals surface area contributed by atoms with Crippen LogP contribution in [0.1, 0.15) is 6.92 Å². The van der Waals surface area contributed by atoms with Gasteiger partial charge in [-0.05, 0) is 6.92 Å². The van der Waals surface area contributed by atoms with Crippen LogP contribution in [0.5, 0.6) is 0 Å². The largest absolute Gasteiger partial charge is 0.478 e. The van der Waals surface area contributed by atoms with Crippen molar-refractivity contribution >= 4 is 15.6 Å². The molecule has 12 heteroatoms. The maximum absolute atomic E-state index is 13.8. The summed E-state index contributed by atoms with van der Waals surface area (Å²) >= 11 is 0. The summed E-state index contributed by atoms with van der Waals surface area (Å²) in [6.45, 7) is 1.51. The Morgan fingerprint density at radius 2 is 1.92 bits per heavy atom. The zero-order chi connectivity index (χ0) is 18.5. The van der Waals surface area contributed by atoms with E-state index >= 15 is 0 Å². The van der Waals surface area contributed by atoms with Gasteiger partial charge in [0.15, 0.2) is 0 Å². The molecule has 0 aliphatic carbocycles. The molecule has 0 N–H and O–H groups in total. The van der Waals surface area contributed by atoms with Crippen LogP contribution in [0.4, 0.5) is 8.78 Å². The predicted octanol–water partition coefficient (Wildman–Crippen LogP) is 3.41. The van der Waals surface area contributed by atoms with Crippen molar-refractivity contribution in [2.75, 3.05) is 39.7 Å². The number of terminal acetylenes is 1. The first-order valence-electron chi connectivity index (χ1n) is 6.70. The lowest BCUT2D eigenvalue weighted by Gasteiger charge is -2.20. The van der Waals surface area contributed by atoms with Crippen LogP contribution < -0.4 is 0 Å².